The van der Waals surface area contributed by atoms with E-state index < -0.39 is 126 Å². The molecule has 0 unspecified atom stereocenters. The lowest BCUT2D eigenvalue weighted by Crippen LogP contribution is -2.61. The Balaban J connectivity index is 1.08. The Labute approximate surface area is 470 Å². The van der Waals surface area contributed by atoms with E-state index in [0.29, 0.717) is 50.5 Å². The Kier molecular flexibility index (Phi) is 20.3. The van der Waals surface area contributed by atoms with Gasteiger partial charge in [0.1, 0.15) is 29.2 Å². The Morgan fingerprint density at radius 3 is 2.14 bits per heavy atom. The number of anilines is 2. The number of nitrogens with one attached hydrogen (secondary N) is 1. The van der Waals surface area contributed by atoms with Crippen LogP contribution in [0.5, 0.6) is 5.75 Å². The second kappa shape index (κ2) is 25.7. The molecule has 6 aliphatic rings. The molecule has 1 aromatic carbocycles. The molecule has 452 valence electrons. The maximum atomic E-state index is 15.6. The molecule has 1 aromatic rings. The van der Waals surface area contributed by atoms with Gasteiger partial charge in [0.2, 0.25) is 11.7 Å². The molecule has 23 heteroatoms. The first-order valence-corrected chi connectivity index (χ1v) is 28.5. The number of likely N-dealkylation sites (N-methyl/N-ethyl adjacent to an activating group) is 1. The summed E-state index contributed by atoms with van der Waals surface area (Å²) >= 11 is 0. The number of carbonyl (C=O) groups is 4. The van der Waals surface area contributed by atoms with Crippen LogP contribution in [0, 0.1) is 23.6 Å². The summed E-state index contributed by atoms with van der Waals surface area (Å²) in [7, 11) is 6.75. The first kappa shape index (κ1) is 63.3. The number of carbonyl (C=O) groups excluding carboxylic acids is 3. The van der Waals surface area contributed by atoms with Gasteiger partial charge in [-0.1, -0.05) is 20.8 Å². The molecule has 0 bridgehead atoms. The number of ether oxygens (including phenoxy) is 9. The average Bonchev–Trinajstić information content (AvgIpc) is 4.30. The second-order valence-electron chi connectivity index (χ2n) is 24.1. The maximum absolute atomic E-state index is 15.6. The van der Waals surface area contributed by atoms with Crippen molar-refractivity contribution in [3.63, 3.8) is 0 Å². The lowest BCUT2D eigenvalue weighted by Gasteiger charge is -2.50. The molecule has 7 rings (SSSR count). The Morgan fingerprint density at radius 2 is 1.54 bits per heavy atom. The summed E-state index contributed by atoms with van der Waals surface area (Å²) < 4.78 is 72.9. The number of nitrogens with zero attached hydrogens (tertiary/aromatic N) is 4. The normalized spacial score (nSPS) is 39.0. The molecule has 4 saturated heterocycles. The highest BCUT2D eigenvalue weighted by Gasteiger charge is 2.54. The summed E-state index contributed by atoms with van der Waals surface area (Å²) in [4.78, 5) is 61.8. The van der Waals surface area contributed by atoms with Crippen LogP contribution in [0.3, 0.4) is 0 Å². The number of aliphatic hydroxyl groups is 3. The van der Waals surface area contributed by atoms with Gasteiger partial charge < -0.3 is 83.1 Å². The van der Waals surface area contributed by atoms with Crippen LogP contribution < -0.4 is 19.9 Å². The number of carboxylic acid groups (broad SMARTS) is 1. The molecule has 1 aliphatic carbocycles. The first-order chi connectivity index (χ1) is 37.5. The molecule has 0 spiro atoms. The summed E-state index contributed by atoms with van der Waals surface area (Å²) in [6.07, 6.45) is -6.39. The van der Waals surface area contributed by atoms with E-state index in [1.807, 2.05) is 49.6 Å². The predicted octanol–water partition coefficient (Wildman–Crippen LogP) is 3.93. The van der Waals surface area contributed by atoms with Crippen molar-refractivity contribution in [2.75, 3.05) is 70.8 Å². The smallest absolute Gasteiger partial charge is 0.373 e. The lowest BCUT2D eigenvalue weighted by molar-refractivity contribution is -0.320. The molecular weight excluding hydrogens is 1050 g/mol. The number of benzene rings is 1. The van der Waals surface area contributed by atoms with E-state index >= 15 is 4.39 Å². The quantitative estimate of drug-likeness (QED) is 0.156. The van der Waals surface area contributed by atoms with E-state index in [1.54, 1.807) is 40.7 Å². The van der Waals surface area contributed by atoms with E-state index in [4.69, 9.17) is 42.6 Å². The van der Waals surface area contributed by atoms with Crippen LogP contribution in [0.15, 0.2) is 24.1 Å². The number of piperazine rings is 1. The number of hydrogen-bond acceptors (Lipinski definition) is 20. The average molecular weight is 1140 g/mol. The third-order valence-electron chi connectivity index (χ3n) is 17.6. The molecule has 1 amide bonds. The number of aliphatic hydroxyl groups excluding tert-OH is 2. The van der Waals surface area contributed by atoms with Crippen molar-refractivity contribution >= 4 is 35.2 Å². The van der Waals surface area contributed by atoms with Gasteiger partial charge in [-0.05, 0) is 101 Å². The van der Waals surface area contributed by atoms with Gasteiger partial charge in [0.15, 0.2) is 24.4 Å². The third kappa shape index (κ3) is 13.9. The highest BCUT2D eigenvalue weighted by atomic mass is 19.1. The summed E-state index contributed by atoms with van der Waals surface area (Å²) in [5, 5.41) is 47.8. The Hall–Kier alpha value is -4.27. The highest BCUT2D eigenvalue weighted by molar-refractivity contribution is 5.88. The molecule has 0 aromatic heterocycles. The van der Waals surface area contributed by atoms with Gasteiger partial charge in [0.05, 0.1) is 72.0 Å². The van der Waals surface area contributed by atoms with Gasteiger partial charge in [0, 0.05) is 83.5 Å². The number of rotatable bonds is 15. The zero-order valence-electron chi connectivity index (χ0n) is 49.2. The number of amides is 1. The fourth-order valence-electron chi connectivity index (χ4n) is 12.5. The molecular formula is C57H90FN5O17. The number of esters is 2. The standard InChI is InChI=1S/C57H90FN5O17/c1-15-43-57(10,71)48(66)34(6)51(67)59-30(2)27-55(8,72-13)49(80-54-46(65)40(60(11)12)24-31(3)74-54)32(4)47(33(5)53(70)77-43)79-45-28-56(9,73-14)50(35(7)75-45)78-44(64)18-19-61-20-22-62(23-21-61)38-26-39-41(25-37(38)58)76-42(52(68)69)29-63(39)36-16-17-36/h25-26,29-36,40,43,45-50,54,65-66,71H,15-24,27-28H2,1-14H3,(H,59,67)(H,68,69)/t30-,31+,32+,33-,34-,35-,40-,43-,45-,46+,47+,48-,49-,50-,54+,55-,56+,57-/m1/s1. The van der Waals surface area contributed by atoms with Crippen molar-refractivity contribution < 1.29 is 86.6 Å². The number of fused-ring (bicyclic) bond motifs is 1. The molecule has 5 fully saturated rings. The molecule has 0 radical (unpaired) electrons. The van der Waals surface area contributed by atoms with Gasteiger partial charge >= 0.3 is 17.9 Å². The SMILES string of the molecule is CC[C@H]1OC(=O)[C@H](C)[C@@H](O[C@@H]2C[C@](C)(OC)[C@H](OC(=O)CCN3CCN(c4cc5c(cc4F)OC(C(=O)O)=CN5C4CC4)CC3)[C@@H](C)O2)[C@H](C)[C@@H](O[C@@H]2O[C@@H](C)C[C@@H](N(C)C)[C@@H]2O)[C@](C)(OC)C[C@@H](C)NC(=O)[C@H](C)[C@@H](O)[C@]1(C)O. The van der Waals surface area contributed by atoms with E-state index in [9.17, 15) is 39.6 Å². The van der Waals surface area contributed by atoms with Crippen molar-refractivity contribution in [2.24, 2.45) is 17.8 Å². The molecule has 80 heavy (non-hydrogen) atoms. The lowest BCUT2D eigenvalue weighted by atomic mass is 9.78. The van der Waals surface area contributed by atoms with E-state index in [0.717, 1.165) is 12.8 Å². The number of cyclic esters (lactones) is 1. The Morgan fingerprint density at radius 1 is 0.887 bits per heavy atom. The Bertz CT molecular complexity index is 2370. The second-order valence-corrected chi connectivity index (χ2v) is 24.1. The molecule has 1 saturated carbocycles. The van der Waals surface area contributed by atoms with Crippen molar-refractivity contribution in [1.29, 1.82) is 0 Å². The van der Waals surface area contributed by atoms with Crippen molar-refractivity contribution in [1.82, 2.24) is 15.1 Å². The predicted molar refractivity (Wildman–Crippen MR) is 290 cm³/mol. The van der Waals surface area contributed by atoms with Crippen molar-refractivity contribution in [3.8, 4) is 5.75 Å². The van der Waals surface area contributed by atoms with Crippen LogP contribution in [-0.4, -0.2) is 211 Å². The summed E-state index contributed by atoms with van der Waals surface area (Å²) in [5.41, 5.74) is -3.53. The van der Waals surface area contributed by atoms with Crippen LogP contribution in [0.4, 0.5) is 15.8 Å². The first-order valence-electron chi connectivity index (χ1n) is 28.5. The topological polar surface area (TPSA) is 257 Å². The number of halogens is 1. The largest absolute Gasteiger partial charge is 0.475 e. The van der Waals surface area contributed by atoms with E-state index in [-0.39, 0.29) is 55.4 Å². The van der Waals surface area contributed by atoms with Crippen molar-refractivity contribution in [2.45, 2.75) is 211 Å². The van der Waals surface area contributed by atoms with Crippen LogP contribution in [0.25, 0.3) is 0 Å². The summed E-state index contributed by atoms with van der Waals surface area (Å²) in [6, 6.07) is 2.14. The molecule has 18 atom stereocenters. The minimum Gasteiger partial charge on any atom is -0.475 e. The molecule has 5 heterocycles. The van der Waals surface area contributed by atoms with Crippen molar-refractivity contribution in [3.05, 3.63) is 29.9 Å². The zero-order chi connectivity index (χ0) is 58.9. The minimum atomic E-state index is -2.06. The zero-order valence-corrected chi connectivity index (χ0v) is 49.2. The van der Waals surface area contributed by atoms with Crippen LogP contribution in [0.1, 0.15) is 114 Å². The van der Waals surface area contributed by atoms with E-state index in [1.165, 1.54) is 40.3 Å². The number of carboxylic acids is 1. The fourth-order valence-corrected chi connectivity index (χ4v) is 12.5. The van der Waals surface area contributed by atoms with Gasteiger partial charge in [-0.25, -0.2) is 9.18 Å². The van der Waals surface area contributed by atoms with Crippen LogP contribution in [-0.2, 0) is 57.1 Å². The minimum absolute atomic E-state index is 0.0263. The van der Waals surface area contributed by atoms with Gasteiger partial charge in [0.25, 0.3) is 0 Å². The monoisotopic (exact) mass is 1140 g/mol. The van der Waals surface area contributed by atoms with E-state index in [2.05, 4.69) is 10.2 Å². The molecule has 5 aliphatic heterocycles. The molecule has 22 nitrogen and oxygen atoms in total. The maximum Gasteiger partial charge on any atom is 0.373 e. The van der Waals surface area contributed by atoms with Crippen LogP contribution in [0.2, 0.25) is 0 Å². The third-order valence-corrected chi connectivity index (χ3v) is 17.6. The summed E-state index contributed by atoms with van der Waals surface area (Å²) in [6.45, 7) is 19.4. The fraction of sp³-hybridized carbons (Fsp3) is 0.789. The highest BCUT2D eigenvalue weighted by Crippen LogP contribution is 2.45. The number of aliphatic carboxylic acids is 1. The molecule has 5 N–H and O–H groups in total. The number of methoxy groups -OCH3 is 2. The van der Waals surface area contributed by atoms with Gasteiger partial charge in [-0.2, -0.15) is 0 Å². The van der Waals surface area contributed by atoms with Crippen LogP contribution >= 0.6 is 0 Å². The van der Waals surface area contributed by atoms with Gasteiger partial charge in [-0.15, -0.1) is 0 Å². The van der Waals surface area contributed by atoms with Gasteiger partial charge in [-0.3, -0.25) is 19.3 Å². The summed E-state index contributed by atoms with van der Waals surface area (Å²) in [5.74, 6) is -6.73. The number of hydrogen-bond donors (Lipinski definition) is 5.